The van der Waals surface area contributed by atoms with Gasteiger partial charge in [0, 0.05) is 11.6 Å². The molecular weight excluding hydrogens is 398 g/mol. The average Bonchev–Trinajstić information content (AvgIpc) is 3.09. The van der Waals surface area contributed by atoms with Gasteiger partial charge in [0.25, 0.3) is 5.91 Å². The Kier molecular flexibility index (Phi) is 6.27. The van der Waals surface area contributed by atoms with E-state index < -0.39 is 0 Å². The highest BCUT2D eigenvalue weighted by atomic mass is 32.1. The summed E-state index contributed by atoms with van der Waals surface area (Å²) in [5, 5.41) is 6.28. The number of methoxy groups -OCH3 is 2. The van der Waals surface area contributed by atoms with Gasteiger partial charge in [0.1, 0.15) is 22.8 Å². The molecule has 0 atom stereocenters. The number of carbonyl (C=O) groups excluding carboxylic acids is 1. The Morgan fingerprint density at radius 3 is 2.54 bits per heavy atom. The van der Waals surface area contributed by atoms with Crippen LogP contribution in [0.5, 0.6) is 17.2 Å². The molecular formula is C19H19N3O4S2. The number of benzene rings is 2. The molecule has 0 aliphatic rings. The standard InChI is InChI=1S/C19H19N3O4S2/c1-4-26-12-7-5-11(6-8-12)17(23)21-18(27)22-19-20-16-14(25-3)9-13(24-2)10-15(16)28-19/h5-10H,4H2,1-3H3,(H2,20,21,22,23,27). The number of anilines is 1. The van der Waals surface area contributed by atoms with Crippen molar-refractivity contribution in [3.63, 3.8) is 0 Å². The van der Waals surface area contributed by atoms with Gasteiger partial charge in [-0.2, -0.15) is 0 Å². The first-order valence-electron chi connectivity index (χ1n) is 8.41. The van der Waals surface area contributed by atoms with Crippen LogP contribution >= 0.6 is 23.6 Å². The minimum atomic E-state index is -0.319. The van der Waals surface area contributed by atoms with Crippen LogP contribution in [0.25, 0.3) is 10.2 Å². The van der Waals surface area contributed by atoms with Crippen LogP contribution in [-0.4, -0.2) is 36.8 Å². The largest absolute Gasteiger partial charge is 0.497 e. The Morgan fingerprint density at radius 2 is 1.89 bits per heavy atom. The number of thiazole rings is 1. The molecule has 0 bridgehead atoms. The molecule has 2 N–H and O–H groups in total. The molecule has 0 saturated carbocycles. The van der Waals surface area contributed by atoms with Crippen molar-refractivity contribution in [1.29, 1.82) is 0 Å². The lowest BCUT2D eigenvalue weighted by molar-refractivity contribution is 0.0977. The van der Waals surface area contributed by atoms with Gasteiger partial charge in [-0.05, 0) is 49.5 Å². The normalized spacial score (nSPS) is 10.4. The highest BCUT2D eigenvalue weighted by molar-refractivity contribution is 7.80. The van der Waals surface area contributed by atoms with Gasteiger partial charge in [0.15, 0.2) is 10.2 Å². The molecule has 3 rings (SSSR count). The molecule has 0 unspecified atom stereocenters. The van der Waals surface area contributed by atoms with Crippen molar-refractivity contribution in [1.82, 2.24) is 10.3 Å². The van der Waals surface area contributed by atoms with Gasteiger partial charge in [0.2, 0.25) is 0 Å². The third-order valence-corrected chi connectivity index (χ3v) is 4.89. The number of rotatable bonds is 6. The first kappa shape index (κ1) is 19.8. The molecule has 0 spiro atoms. The van der Waals surface area contributed by atoms with E-state index in [1.807, 2.05) is 13.0 Å². The third kappa shape index (κ3) is 4.49. The number of aromatic nitrogens is 1. The molecule has 9 heteroatoms. The molecule has 0 aliphatic heterocycles. The lowest BCUT2D eigenvalue weighted by Gasteiger charge is -2.08. The van der Waals surface area contributed by atoms with Crippen LogP contribution < -0.4 is 24.8 Å². The molecule has 0 fully saturated rings. The molecule has 28 heavy (non-hydrogen) atoms. The van der Waals surface area contributed by atoms with E-state index in [0.29, 0.717) is 40.1 Å². The Morgan fingerprint density at radius 1 is 1.14 bits per heavy atom. The number of amides is 1. The van der Waals surface area contributed by atoms with Gasteiger partial charge in [-0.3, -0.25) is 10.1 Å². The number of ether oxygens (including phenoxy) is 3. The summed E-state index contributed by atoms with van der Waals surface area (Å²) in [5.41, 5.74) is 1.17. The summed E-state index contributed by atoms with van der Waals surface area (Å²) in [7, 11) is 3.16. The van der Waals surface area contributed by atoms with E-state index in [2.05, 4.69) is 15.6 Å². The number of hydrogen-bond donors (Lipinski definition) is 2. The summed E-state index contributed by atoms with van der Waals surface area (Å²) in [6.45, 7) is 2.47. The Hall–Kier alpha value is -2.91. The fraction of sp³-hybridized carbons (Fsp3) is 0.211. The van der Waals surface area contributed by atoms with Crippen LogP contribution in [0.1, 0.15) is 17.3 Å². The Bertz CT molecular complexity index is 1000. The molecule has 1 aromatic heterocycles. The Balaban J connectivity index is 1.69. The maximum Gasteiger partial charge on any atom is 0.257 e. The summed E-state index contributed by atoms with van der Waals surface area (Å²) in [6, 6.07) is 10.5. The maximum absolute atomic E-state index is 12.3. The Labute approximate surface area is 171 Å². The molecule has 0 radical (unpaired) electrons. The van der Waals surface area contributed by atoms with Gasteiger partial charge < -0.3 is 19.5 Å². The van der Waals surface area contributed by atoms with Gasteiger partial charge in [0.05, 0.1) is 25.5 Å². The molecule has 1 amide bonds. The predicted molar refractivity (Wildman–Crippen MR) is 114 cm³/mol. The zero-order valence-electron chi connectivity index (χ0n) is 15.6. The lowest BCUT2D eigenvalue weighted by atomic mass is 10.2. The van der Waals surface area contributed by atoms with Crippen molar-refractivity contribution in [2.75, 3.05) is 26.1 Å². The molecule has 2 aromatic carbocycles. The van der Waals surface area contributed by atoms with Crippen molar-refractivity contribution in [2.24, 2.45) is 0 Å². The maximum atomic E-state index is 12.3. The van der Waals surface area contributed by atoms with E-state index in [4.69, 9.17) is 26.4 Å². The predicted octanol–water partition coefficient (Wildman–Crippen LogP) is 3.84. The molecule has 0 saturated heterocycles. The minimum Gasteiger partial charge on any atom is -0.497 e. The number of thiocarbonyl (C=S) groups is 1. The van der Waals surface area contributed by atoms with Crippen molar-refractivity contribution in [3.05, 3.63) is 42.0 Å². The van der Waals surface area contributed by atoms with E-state index in [0.717, 1.165) is 4.70 Å². The second-order valence-electron chi connectivity index (χ2n) is 5.56. The van der Waals surface area contributed by atoms with Gasteiger partial charge >= 0.3 is 0 Å². The van der Waals surface area contributed by atoms with E-state index in [1.54, 1.807) is 44.6 Å². The van der Waals surface area contributed by atoms with E-state index in [1.165, 1.54) is 11.3 Å². The molecule has 146 valence electrons. The molecule has 0 aliphatic carbocycles. The quantitative estimate of drug-likeness (QED) is 0.590. The van der Waals surface area contributed by atoms with Gasteiger partial charge in [-0.25, -0.2) is 4.98 Å². The third-order valence-electron chi connectivity index (χ3n) is 3.76. The second-order valence-corrected chi connectivity index (χ2v) is 7.00. The number of carbonyl (C=O) groups is 1. The van der Waals surface area contributed by atoms with Gasteiger partial charge in [-0.1, -0.05) is 11.3 Å². The highest BCUT2D eigenvalue weighted by Crippen LogP contribution is 2.36. The molecule has 3 aromatic rings. The highest BCUT2D eigenvalue weighted by Gasteiger charge is 2.14. The van der Waals surface area contributed by atoms with E-state index >= 15 is 0 Å². The fourth-order valence-corrected chi connectivity index (χ4v) is 3.64. The summed E-state index contributed by atoms with van der Waals surface area (Å²) >= 11 is 6.61. The number of hydrogen-bond acceptors (Lipinski definition) is 7. The fourth-order valence-electron chi connectivity index (χ4n) is 2.47. The summed E-state index contributed by atoms with van der Waals surface area (Å²) in [5.74, 6) is 1.66. The zero-order valence-corrected chi connectivity index (χ0v) is 17.2. The van der Waals surface area contributed by atoms with Crippen LogP contribution in [0.3, 0.4) is 0 Å². The first-order valence-corrected chi connectivity index (χ1v) is 9.64. The monoisotopic (exact) mass is 417 g/mol. The minimum absolute atomic E-state index is 0.156. The van der Waals surface area contributed by atoms with Crippen molar-refractivity contribution < 1.29 is 19.0 Å². The van der Waals surface area contributed by atoms with E-state index in [9.17, 15) is 4.79 Å². The molecule has 7 nitrogen and oxygen atoms in total. The number of nitrogens with zero attached hydrogens (tertiary/aromatic N) is 1. The lowest BCUT2D eigenvalue weighted by Crippen LogP contribution is -2.34. The SMILES string of the molecule is CCOc1ccc(C(=O)NC(=S)Nc2nc3c(OC)cc(OC)cc3s2)cc1. The second kappa shape index (κ2) is 8.85. The summed E-state index contributed by atoms with van der Waals surface area (Å²) in [4.78, 5) is 16.8. The van der Waals surface area contributed by atoms with Crippen LogP contribution in [0.15, 0.2) is 36.4 Å². The summed E-state index contributed by atoms with van der Waals surface area (Å²) < 4.78 is 16.9. The summed E-state index contributed by atoms with van der Waals surface area (Å²) in [6.07, 6.45) is 0. The zero-order chi connectivity index (χ0) is 20.1. The average molecular weight is 418 g/mol. The van der Waals surface area contributed by atoms with Crippen LogP contribution in [0.2, 0.25) is 0 Å². The van der Waals surface area contributed by atoms with E-state index in [-0.39, 0.29) is 11.0 Å². The first-order chi connectivity index (χ1) is 13.5. The van der Waals surface area contributed by atoms with Crippen LogP contribution in [-0.2, 0) is 0 Å². The number of nitrogens with one attached hydrogen (secondary N) is 2. The number of fused-ring (bicyclic) bond motifs is 1. The van der Waals surface area contributed by atoms with Crippen molar-refractivity contribution in [2.45, 2.75) is 6.92 Å². The van der Waals surface area contributed by atoms with Crippen LogP contribution in [0, 0.1) is 0 Å². The smallest absolute Gasteiger partial charge is 0.257 e. The van der Waals surface area contributed by atoms with Gasteiger partial charge in [-0.15, -0.1) is 0 Å². The van der Waals surface area contributed by atoms with Crippen LogP contribution in [0.4, 0.5) is 5.13 Å². The topological polar surface area (TPSA) is 81.7 Å². The van der Waals surface area contributed by atoms with Crippen molar-refractivity contribution >= 4 is 49.9 Å². The van der Waals surface area contributed by atoms with Crippen molar-refractivity contribution in [3.8, 4) is 17.2 Å². The molecule has 1 heterocycles.